The topological polar surface area (TPSA) is 141 Å². The first-order valence-electron chi connectivity index (χ1n) is 16.9. The molecule has 4 aromatic carbocycles. The summed E-state index contributed by atoms with van der Waals surface area (Å²) >= 11 is 1.09. The average molecular weight is 736 g/mol. The van der Waals surface area contributed by atoms with E-state index in [-0.39, 0.29) is 58.6 Å². The summed E-state index contributed by atoms with van der Waals surface area (Å²) in [5, 5.41) is 12.6. The maximum absolute atomic E-state index is 13.9. The zero-order valence-electron chi connectivity index (χ0n) is 29.6. The summed E-state index contributed by atoms with van der Waals surface area (Å²) in [6.45, 7) is 5.82. The smallest absolute Gasteiger partial charge is 0.338 e. The van der Waals surface area contributed by atoms with Gasteiger partial charge in [-0.3, -0.25) is 19.5 Å². The Morgan fingerprint density at radius 3 is 2.11 bits per heavy atom. The largest absolute Gasteiger partial charge is 0.493 e. The normalized spacial score (nSPS) is 13.9. The van der Waals surface area contributed by atoms with Gasteiger partial charge in [-0.25, -0.2) is 9.79 Å². The number of aromatic nitrogens is 1. The highest BCUT2D eigenvalue weighted by Crippen LogP contribution is 2.43. The first kappa shape index (κ1) is 36.6. The summed E-state index contributed by atoms with van der Waals surface area (Å²) in [6.07, 6.45) is 1.69. The number of ether oxygens (including phenoxy) is 5. The van der Waals surface area contributed by atoms with Crippen molar-refractivity contribution < 1.29 is 33.4 Å². The zero-order chi connectivity index (χ0) is 37.5. The molecule has 0 unspecified atom stereocenters. The standard InChI is InChI=1S/C40H37N3O9S/c1-5-49-33-21-29(30(43(46)47)22-34(33)52-24-27-15-11-8-12-16-27)37-36(39(45)50-6-2)25(3)42-38(44)35(53-40(42)41-37)20-28-17-18-31(32(19-28)48-4)51-23-26-13-9-7-10-14-26/h7-22,37H,5-6,23-24H2,1-4H3/b35-20-/t37-/m0/s1. The third kappa shape index (κ3) is 8.00. The van der Waals surface area contributed by atoms with E-state index in [1.807, 2.05) is 60.7 Å². The highest BCUT2D eigenvalue weighted by molar-refractivity contribution is 7.07. The van der Waals surface area contributed by atoms with E-state index >= 15 is 0 Å². The lowest BCUT2D eigenvalue weighted by Gasteiger charge is -2.23. The van der Waals surface area contributed by atoms with E-state index in [4.69, 9.17) is 28.7 Å². The average Bonchev–Trinajstić information content (AvgIpc) is 3.48. The van der Waals surface area contributed by atoms with Crippen molar-refractivity contribution in [2.24, 2.45) is 4.99 Å². The molecule has 0 radical (unpaired) electrons. The molecule has 1 aromatic heterocycles. The Balaban J connectivity index is 1.43. The third-order valence-corrected chi connectivity index (χ3v) is 9.37. The zero-order valence-corrected chi connectivity index (χ0v) is 30.4. The van der Waals surface area contributed by atoms with Crippen LogP contribution in [0.15, 0.2) is 106 Å². The minimum atomic E-state index is -1.19. The lowest BCUT2D eigenvalue weighted by Crippen LogP contribution is -2.35. The van der Waals surface area contributed by atoms with Crippen LogP contribution in [0.4, 0.5) is 5.69 Å². The second kappa shape index (κ2) is 16.4. The van der Waals surface area contributed by atoms with Gasteiger partial charge in [-0.1, -0.05) is 78.1 Å². The molecule has 272 valence electrons. The Morgan fingerprint density at radius 1 is 0.868 bits per heavy atom. The predicted molar refractivity (Wildman–Crippen MR) is 200 cm³/mol. The monoisotopic (exact) mass is 735 g/mol. The highest BCUT2D eigenvalue weighted by Gasteiger charge is 2.36. The predicted octanol–water partition coefficient (Wildman–Crippen LogP) is 6.38. The van der Waals surface area contributed by atoms with Gasteiger partial charge in [0, 0.05) is 5.70 Å². The third-order valence-electron chi connectivity index (χ3n) is 8.38. The molecule has 0 saturated carbocycles. The number of rotatable bonds is 14. The van der Waals surface area contributed by atoms with Crippen molar-refractivity contribution in [2.45, 2.75) is 40.0 Å². The molecule has 5 aromatic rings. The second-order valence-corrected chi connectivity index (χ2v) is 12.8. The minimum absolute atomic E-state index is 0.00381. The van der Waals surface area contributed by atoms with Crippen LogP contribution in [-0.4, -0.2) is 35.8 Å². The van der Waals surface area contributed by atoms with Crippen molar-refractivity contribution in [3.8, 4) is 23.0 Å². The summed E-state index contributed by atoms with van der Waals surface area (Å²) in [5.74, 6) is 0.678. The number of allylic oxidation sites excluding steroid dienone is 1. The molecule has 1 atom stereocenters. The summed E-state index contributed by atoms with van der Waals surface area (Å²) < 4.78 is 30.5. The van der Waals surface area contributed by atoms with Gasteiger partial charge in [0.15, 0.2) is 27.8 Å². The van der Waals surface area contributed by atoms with Gasteiger partial charge in [-0.15, -0.1) is 0 Å². The number of esters is 1. The molecule has 0 bridgehead atoms. The number of carbonyl (C=O) groups is 1. The van der Waals surface area contributed by atoms with Crippen LogP contribution >= 0.6 is 11.3 Å². The number of hydrogen-bond donors (Lipinski definition) is 0. The number of nitrogens with zero attached hydrogens (tertiary/aromatic N) is 3. The summed E-state index contributed by atoms with van der Waals surface area (Å²) in [6, 6.07) is 26.0. The molecule has 1 aliphatic heterocycles. The number of benzene rings is 4. The molecular formula is C40H37N3O9S. The lowest BCUT2D eigenvalue weighted by molar-refractivity contribution is -0.385. The van der Waals surface area contributed by atoms with Crippen LogP contribution in [0.5, 0.6) is 23.0 Å². The van der Waals surface area contributed by atoms with E-state index in [1.165, 1.54) is 23.8 Å². The van der Waals surface area contributed by atoms with Crippen molar-refractivity contribution in [2.75, 3.05) is 20.3 Å². The van der Waals surface area contributed by atoms with Crippen LogP contribution in [0.1, 0.15) is 49.1 Å². The van der Waals surface area contributed by atoms with E-state index in [1.54, 1.807) is 45.0 Å². The van der Waals surface area contributed by atoms with Gasteiger partial charge in [0.25, 0.3) is 11.2 Å². The Morgan fingerprint density at radius 2 is 1.51 bits per heavy atom. The molecule has 13 heteroatoms. The van der Waals surface area contributed by atoms with Crippen LogP contribution in [0.2, 0.25) is 0 Å². The summed E-state index contributed by atoms with van der Waals surface area (Å²) in [5.41, 5.74) is 2.11. The Bertz CT molecular complexity index is 2350. The number of nitro benzene ring substituents is 1. The van der Waals surface area contributed by atoms with Crippen molar-refractivity contribution >= 4 is 34.8 Å². The van der Waals surface area contributed by atoms with Crippen LogP contribution < -0.4 is 33.8 Å². The fraction of sp³-hybridized carbons (Fsp3) is 0.225. The number of thiazole rings is 1. The molecular weight excluding hydrogens is 699 g/mol. The van der Waals surface area contributed by atoms with E-state index < -0.39 is 22.5 Å². The highest BCUT2D eigenvalue weighted by atomic mass is 32.1. The molecule has 12 nitrogen and oxygen atoms in total. The van der Waals surface area contributed by atoms with Gasteiger partial charge >= 0.3 is 5.97 Å². The molecule has 0 aliphatic carbocycles. The lowest BCUT2D eigenvalue weighted by atomic mass is 9.94. The van der Waals surface area contributed by atoms with Gasteiger partial charge in [0.2, 0.25) is 0 Å². The van der Waals surface area contributed by atoms with Gasteiger partial charge in [-0.2, -0.15) is 0 Å². The van der Waals surface area contributed by atoms with Crippen LogP contribution in [0.3, 0.4) is 0 Å². The molecule has 0 spiro atoms. The Kier molecular flexibility index (Phi) is 11.3. The van der Waals surface area contributed by atoms with E-state index in [0.29, 0.717) is 28.2 Å². The molecule has 0 fully saturated rings. The van der Waals surface area contributed by atoms with Crippen molar-refractivity contribution in [3.05, 3.63) is 149 Å². The maximum Gasteiger partial charge on any atom is 0.338 e. The van der Waals surface area contributed by atoms with Crippen molar-refractivity contribution in [3.63, 3.8) is 0 Å². The molecule has 0 amide bonds. The molecule has 0 saturated heterocycles. The quantitative estimate of drug-likeness (QED) is 0.0722. The maximum atomic E-state index is 13.9. The molecule has 53 heavy (non-hydrogen) atoms. The van der Waals surface area contributed by atoms with Gasteiger partial charge < -0.3 is 23.7 Å². The van der Waals surface area contributed by atoms with Gasteiger partial charge in [-0.05, 0) is 61.7 Å². The van der Waals surface area contributed by atoms with Gasteiger partial charge in [0.1, 0.15) is 19.3 Å². The van der Waals surface area contributed by atoms with E-state index in [9.17, 15) is 19.7 Å². The van der Waals surface area contributed by atoms with Crippen molar-refractivity contribution in [1.82, 2.24) is 4.57 Å². The summed E-state index contributed by atoms with van der Waals surface area (Å²) in [7, 11) is 1.54. The first-order chi connectivity index (χ1) is 25.7. The number of fused-ring (bicyclic) bond motifs is 1. The number of hydrogen-bond acceptors (Lipinski definition) is 11. The first-order valence-corrected chi connectivity index (χ1v) is 17.7. The van der Waals surface area contributed by atoms with Gasteiger partial charge in [0.05, 0.1) is 47.0 Å². The minimum Gasteiger partial charge on any atom is -0.493 e. The Labute approximate surface area is 309 Å². The second-order valence-electron chi connectivity index (χ2n) is 11.8. The Hall–Kier alpha value is -6.21. The molecule has 6 rings (SSSR count). The van der Waals surface area contributed by atoms with Crippen LogP contribution in [0, 0.1) is 10.1 Å². The number of carbonyl (C=O) groups excluding carboxylic acids is 1. The molecule has 1 aliphatic rings. The fourth-order valence-corrected chi connectivity index (χ4v) is 6.92. The van der Waals surface area contributed by atoms with E-state index in [0.717, 1.165) is 22.5 Å². The number of nitro groups is 1. The van der Waals surface area contributed by atoms with Crippen molar-refractivity contribution in [1.29, 1.82) is 0 Å². The summed E-state index contributed by atoms with van der Waals surface area (Å²) in [4.78, 5) is 44.6. The molecule has 0 N–H and O–H groups in total. The van der Waals surface area contributed by atoms with Crippen LogP contribution in [-0.2, 0) is 22.7 Å². The number of methoxy groups -OCH3 is 1. The van der Waals surface area contributed by atoms with E-state index in [2.05, 4.69) is 0 Å². The SMILES string of the molecule is CCOC(=O)C1=C(C)n2c(s/c(=C\c3ccc(OCc4ccccc4)c(OC)c3)c2=O)=N[C@H]1c1cc(OCC)c(OCc2ccccc2)cc1[N+](=O)[O-]. The molecule has 2 heterocycles. The van der Waals surface area contributed by atoms with Crippen LogP contribution in [0.25, 0.3) is 11.8 Å². The fourth-order valence-electron chi connectivity index (χ4n) is 5.88.